The molecule has 2 heterocycles. The number of benzene rings is 1. The van der Waals surface area contributed by atoms with Gasteiger partial charge < -0.3 is 15.1 Å². The number of para-hydroxylation sites is 1. The first kappa shape index (κ1) is 18.1. The molecule has 0 fully saturated rings. The Kier molecular flexibility index (Phi) is 5.37. The van der Waals surface area contributed by atoms with Gasteiger partial charge in [-0.3, -0.25) is 0 Å². The number of aromatic nitrogens is 1. The largest absolute Gasteiger partial charge is 0.464 e. The minimum absolute atomic E-state index is 0.0733. The van der Waals surface area contributed by atoms with Crippen LogP contribution < -0.4 is 10.6 Å². The van der Waals surface area contributed by atoms with Crippen LogP contribution >= 0.6 is 11.6 Å². The number of nitrogens with zero attached hydrogens (tertiary/aromatic N) is 1. The second-order valence-corrected chi connectivity index (χ2v) is 5.84. The molecule has 0 aliphatic heterocycles. The van der Waals surface area contributed by atoms with Crippen LogP contribution in [0.25, 0.3) is 11.3 Å². The van der Waals surface area contributed by atoms with Crippen molar-refractivity contribution in [2.45, 2.75) is 6.18 Å². The Bertz CT molecular complexity index is 866. The van der Waals surface area contributed by atoms with E-state index in [4.69, 9.17) is 16.0 Å². The number of anilines is 2. The van der Waals surface area contributed by atoms with Crippen LogP contribution in [0, 0.1) is 0 Å². The number of rotatable bonds is 6. The Morgan fingerprint density at radius 3 is 2.50 bits per heavy atom. The lowest BCUT2D eigenvalue weighted by atomic mass is 10.1. The normalized spacial score (nSPS) is 11.4. The highest BCUT2D eigenvalue weighted by Crippen LogP contribution is 2.32. The topological polar surface area (TPSA) is 50.1 Å². The summed E-state index contributed by atoms with van der Waals surface area (Å²) in [4.78, 5) is 3.74. The van der Waals surface area contributed by atoms with E-state index in [2.05, 4.69) is 15.6 Å². The first-order valence-electron chi connectivity index (χ1n) is 7.78. The van der Waals surface area contributed by atoms with Crippen LogP contribution in [0.1, 0.15) is 5.56 Å². The van der Waals surface area contributed by atoms with E-state index in [0.29, 0.717) is 13.1 Å². The molecule has 0 aliphatic rings. The van der Waals surface area contributed by atoms with E-state index in [1.54, 1.807) is 6.26 Å². The summed E-state index contributed by atoms with van der Waals surface area (Å²) >= 11 is 5.87. The van der Waals surface area contributed by atoms with Crippen molar-refractivity contribution in [3.05, 3.63) is 65.5 Å². The van der Waals surface area contributed by atoms with Gasteiger partial charge >= 0.3 is 6.18 Å². The molecule has 136 valence electrons. The maximum Gasteiger partial charge on any atom is 0.417 e. The molecule has 0 unspecified atom stereocenters. The lowest BCUT2D eigenvalue weighted by Crippen LogP contribution is -2.15. The fourth-order valence-corrected chi connectivity index (χ4v) is 2.62. The monoisotopic (exact) mass is 381 g/mol. The van der Waals surface area contributed by atoms with Gasteiger partial charge in [0, 0.05) is 30.5 Å². The van der Waals surface area contributed by atoms with E-state index in [-0.39, 0.29) is 10.8 Å². The highest BCUT2D eigenvalue weighted by atomic mass is 35.5. The van der Waals surface area contributed by atoms with Gasteiger partial charge in [-0.25, -0.2) is 4.98 Å². The lowest BCUT2D eigenvalue weighted by molar-refractivity contribution is -0.137. The Morgan fingerprint density at radius 2 is 1.81 bits per heavy atom. The lowest BCUT2D eigenvalue weighted by Gasteiger charge is -2.13. The van der Waals surface area contributed by atoms with Crippen molar-refractivity contribution in [1.29, 1.82) is 0 Å². The van der Waals surface area contributed by atoms with Crippen molar-refractivity contribution in [1.82, 2.24) is 4.98 Å². The molecule has 3 aromatic rings. The molecule has 8 heteroatoms. The molecule has 2 N–H and O–H groups in total. The quantitative estimate of drug-likeness (QED) is 0.550. The predicted molar refractivity (Wildman–Crippen MR) is 95.4 cm³/mol. The molecule has 0 aliphatic carbocycles. The minimum Gasteiger partial charge on any atom is -0.464 e. The van der Waals surface area contributed by atoms with Crippen molar-refractivity contribution in [2.24, 2.45) is 0 Å². The standard InChI is InChI=1S/C18H15ClF3N3O/c19-14-10-12(18(20,21)22)11-25-17(14)24-8-7-23-15-5-2-1-4-13(15)16-6-3-9-26-16/h1-6,9-11,23H,7-8H2,(H,24,25). The first-order chi connectivity index (χ1) is 12.4. The summed E-state index contributed by atoms with van der Waals surface area (Å²) in [6.07, 6.45) is -2.11. The van der Waals surface area contributed by atoms with Crippen molar-refractivity contribution < 1.29 is 17.6 Å². The Labute approximate surface area is 153 Å². The molecule has 0 bridgehead atoms. The average Bonchev–Trinajstić information content (AvgIpc) is 3.13. The van der Waals surface area contributed by atoms with Crippen molar-refractivity contribution in [2.75, 3.05) is 23.7 Å². The molecule has 0 atom stereocenters. The maximum atomic E-state index is 12.6. The van der Waals surface area contributed by atoms with Gasteiger partial charge in [-0.05, 0) is 30.3 Å². The number of pyridine rings is 1. The van der Waals surface area contributed by atoms with Crippen LogP contribution in [0.4, 0.5) is 24.7 Å². The Hall–Kier alpha value is -2.67. The second-order valence-electron chi connectivity index (χ2n) is 5.43. The molecule has 4 nitrogen and oxygen atoms in total. The van der Waals surface area contributed by atoms with Gasteiger partial charge in [0.15, 0.2) is 0 Å². The fourth-order valence-electron chi connectivity index (χ4n) is 2.39. The maximum absolute atomic E-state index is 12.6. The predicted octanol–water partition coefficient (Wildman–Crippen LogP) is 5.54. The number of halogens is 4. The molecule has 3 rings (SSSR count). The third kappa shape index (κ3) is 4.29. The number of nitrogens with one attached hydrogen (secondary N) is 2. The van der Waals surface area contributed by atoms with Crippen LogP contribution in [-0.2, 0) is 6.18 Å². The summed E-state index contributed by atoms with van der Waals surface area (Å²) in [5.74, 6) is 0.953. The smallest absolute Gasteiger partial charge is 0.417 e. The SMILES string of the molecule is FC(F)(F)c1cnc(NCCNc2ccccc2-c2ccco2)c(Cl)c1. The number of alkyl halides is 3. The summed E-state index contributed by atoms with van der Waals surface area (Å²) < 4.78 is 43.2. The van der Waals surface area contributed by atoms with Gasteiger partial charge in [-0.2, -0.15) is 13.2 Å². The van der Waals surface area contributed by atoms with Gasteiger partial charge in [0.05, 0.1) is 16.8 Å². The van der Waals surface area contributed by atoms with Gasteiger partial charge in [-0.15, -0.1) is 0 Å². The van der Waals surface area contributed by atoms with Crippen molar-refractivity contribution >= 4 is 23.1 Å². The van der Waals surface area contributed by atoms with Crippen LogP contribution in [0.2, 0.25) is 5.02 Å². The summed E-state index contributed by atoms with van der Waals surface area (Å²) in [6.45, 7) is 0.932. The third-order valence-corrected chi connectivity index (χ3v) is 3.90. The molecular formula is C18H15ClF3N3O. The second kappa shape index (κ2) is 7.70. The zero-order chi connectivity index (χ0) is 18.6. The molecule has 2 aromatic heterocycles. The number of furan rings is 1. The van der Waals surface area contributed by atoms with Crippen LogP contribution in [-0.4, -0.2) is 18.1 Å². The third-order valence-electron chi connectivity index (χ3n) is 3.62. The molecular weight excluding hydrogens is 367 g/mol. The summed E-state index contributed by atoms with van der Waals surface area (Å²) in [5.41, 5.74) is 0.928. The number of hydrogen-bond donors (Lipinski definition) is 2. The van der Waals surface area contributed by atoms with Crippen LogP contribution in [0.3, 0.4) is 0 Å². The average molecular weight is 382 g/mol. The zero-order valence-electron chi connectivity index (χ0n) is 13.5. The van der Waals surface area contributed by atoms with Crippen LogP contribution in [0.15, 0.2) is 59.3 Å². The van der Waals surface area contributed by atoms with Gasteiger partial charge in [0.1, 0.15) is 11.6 Å². The summed E-state index contributed by atoms with van der Waals surface area (Å²) in [6, 6.07) is 12.2. The molecule has 0 saturated heterocycles. The molecule has 1 aromatic carbocycles. The van der Waals surface area contributed by atoms with E-state index < -0.39 is 11.7 Å². The van der Waals surface area contributed by atoms with Crippen molar-refractivity contribution in [3.8, 4) is 11.3 Å². The Morgan fingerprint density at radius 1 is 1.04 bits per heavy atom. The molecule has 0 saturated carbocycles. The van der Waals surface area contributed by atoms with E-state index in [1.807, 2.05) is 36.4 Å². The van der Waals surface area contributed by atoms with Gasteiger partial charge in [0.2, 0.25) is 0 Å². The summed E-state index contributed by atoms with van der Waals surface area (Å²) in [5, 5.41) is 6.10. The molecule has 26 heavy (non-hydrogen) atoms. The zero-order valence-corrected chi connectivity index (χ0v) is 14.2. The van der Waals surface area contributed by atoms with Gasteiger partial charge in [0.25, 0.3) is 0 Å². The molecule has 0 spiro atoms. The Balaban J connectivity index is 1.59. The number of hydrogen-bond acceptors (Lipinski definition) is 4. The van der Waals surface area contributed by atoms with Crippen LogP contribution in [0.5, 0.6) is 0 Å². The van der Waals surface area contributed by atoms with E-state index in [9.17, 15) is 13.2 Å². The fraction of sp³-hybridized carbons (Fsp3) is 0.167. The first-order valence-corrected chi connectivity index (χ1v) is 8.16. The molecule has 0 amide bonds. The van der Waals surface area contributed by atoms with E-state index in [0.717, 1.165) is 29.3 Å². The van der Waals surface area contributed by atoms with E-state index >= 15 is 0 Å². The minimum atomic E-state index is -4.47. The summed E-state index contributed by atoms with van der Waals surface area (Å²) in [7, 11) is 0. The van der Waals surface area contributed by atoms with Crippen molar-refractivity contribution in [3.63, 3.8) is 0 Å². The molecule has 0 radical (unpaired) electrons. The van der Waals surface area contributed by atoms with Gasteiger partial charge in [-0.1, -0.05) is 23.7 Å². The highest BCUT2D eigenvalue weighted by Gasteiger charge is 2.31. The van der Waals surface area contributed by atoms with E-state index in [1.165, 1.54) is 0 Å². The highest BCUT2D eigenvalue weighted by molar-refractivity contribution is 6.32.